The molecule has 0 radical (unpaired) electrons. The number of nitrogens with zero attached hydrogens (tertiary/aromatic N) is 1. The summed E-state index contributed by atoms with van der Waals surface area (Å²) in [6.07, 6.45) is 3.05. The molecule has 1 aromatic heterocycles. The number of aliphatic imine (C=N–C) groups is 1. The van der Waals surface area contributed by atoms with Crippen LogP contribution in [-0.4, -0.2) is 24.5 Å². The summed E-state index contributed by atoms with van der Waals surface area (Å²) < 4.78 is 0. The van der Waals surface area contributed by atoms with Gasteiger partial charge in [0, 0.05) is 37.2 Å². The second kappa shape index (κ2) is 9.46. The van der Waals surface area contributed by atoms with Gasteiger partial charge in [0.25, 0.3) is 0 Å². The van der Waals surface area contributed by atoms with E-state index in [2.05, 4.69) is 82.3 Å². The SMILES string of the molecule is CN=C(NCCc1c[nH]c2ccccc12)NCc1cccc(C)c1.I. The van der Waals surface area contributed by atoms with Crippen LogP contribution in [0.5, 0.6) is 0 Å². The molecule has 4 nitrogen and oxygen atoms in total. The number of hydrogen-bond donors (Lipinski definition) is 3. The molecule has 0 spiro atoms. The van der Waals surface area contributed by atoms with Crippen LogP contribution in [0.1, 0.15) is 16.7 Å². The Morgan fingerprint density at radius 2 is 1.92 bits per heavy atom. The largest absolute Gasteiger partial charge is 0.361 e. The fourth-order valence-corrected chi connectivity index (χ4v) is 2.88. The highest BCUT2D eigenvalue weighted by Crippen LogP contribution is 2.17. The van der Waals surface area contributed by atoms with E-state index in [0.29, 0.717) is 0 Å². The first-order chi connectivity index (χ1) is 11.8. The third-order valence-corrected chi connectivity index (χ3v) is 4.13. The van der Waals surface area contributed by atoms with Gasteiger partial charge >= 0.3 is 0 Å². The summed E-state index contributed by atoms with van der Waals surface area (Å²) in [5.74, 6) is 0.830. The average molecular weight is 448 g/mol. The maximum atomic E-state index is 4.29. The van der Waals surface area contributed by atoms with Gasteiger partial charge in [-0.05, 0) is 30.5 Å². The molecule has 3 rings (SSSR count). The summed E-state index contributed by atoms with van der Waals surface area (Å²) in [4.78, 5) is 7.61. The Morgan fingerprint density at radius 1 is 1.08 bits per heavy atom. The Balaban J connectivity index is 0.00000225. The van der Waals surface area contributed by atoms with Crippen LogP contribution in [0.3, 0.4) is 0 Å². The zero-order valence-electron chi connectivity index (χ0n) is 14.7. The number of aryl methyl sites for hydroxylation is 1. The lowest BCUT2D eigenvalue weighted by atomic mass is 10.1. The molecule has 0 unspecified atom stereocenters. The Hall–Kier alpha value is -2.02. The van der Waals surface area contributed by atoms with E-state index in [1.807, 2.05) is 0 Å². The fourth-order valence-electron chi connectivity index (χ4n) is 2.88. The molecule has 1 heterocycles. The highest BCUT2D eigenvalue weighted by molar-refractivity contribution is 14.0. The minimum atomic E-state index is 0. The van der Waals surface area contributed by atoms with Gasteiger partial charge in [-0.25, -0.2) is 0 Å². The number of para-hydroxylation sites is 1. The van der Waals surface area contributed by atoms with Gasteiger partial charge in [0.05, 0.1) is 0 Å². The van der Waals surface area contributed by atoms with E-state index in [1.54, 1.807) is 7.05 Å². The predicted molar refractivity (Wildman–Crippen MR) is 117 cm³/mol. The van der Waals surface area contributed by atoms with E-state index >= 15 is 0 Å². The smallest absolute Gasteiger partial charge is 0.191 e. The van der Waals surface area contributed by atoms with Gasteiger partial charge in [-0.3, -0.25) is 4.99 Å². The summed E-state index contributed by atoms with van der Waals surface area (Å²) in [5.41, 5.74) is 5.05. The van der Waals surface area contributed by atoms with Crippen molar-refractivity contribution < 1.29 is 0 Å². The second-order valence-corrected chi connectivity index (χ2v) is 5.95. The molecule has 0 fully saturated rings. The lowest BCUT2D eigenvalue weighted by Gasteiger charge is -2.12. The number of aromatic amines is 1. The molecule has 0 aliphatic carbocycles. The number of rotatable bonds is 5. The molecule has 0 amide bonds. The van der Waals surface area contributed by atoms with Crippen LogP contribution in [0, 0.1) is 6.92 Å². The number of nitrogens with one attached hydrogen (secondary N) is 3. The molecule has 0 aliphatic rings. The van der Waals surface area contributed by atoms with E-state index in [-0.39, 0.29) is 24.0 Å². The molecule has 3 N–H and O–H groups in total. The average Bonchev–Trinajstić information content (AvgIpc) is 3.01. The monoisotopic (exact) mass is 448 g/mol. The normalized spacial score (nSPS) is 11.2. The zero-order valence-corrected chi connectivity index (χ0v) is 17.0. The highest BCUT2D eigenvalue weighted by Gasteiger charge is 2.03. The number of guanidine groups is 1. The Kier molecular flexibility index (Phi) is 7.31. The summed E-state index contributed by atoms with van der Waals surface area (Å²) in [6, 6.07) is 16.9. The molecular formula is C20H25IN4. The zero-order chi connectivity index (χ0) is 16.8. The Labute approximate surface area is 166 Å². The van der Waals surface area contributed by atoms with E-state index in [1.165, 1.54) is 27.6 Å². The third-order valence-electron chi connectivity index (χ3n) is 4.13. The lowest BCUT2D eigenvalue weighted by molar-refractivity contribution is 0.796. The molecule has 0 aliphatic heterocycles. The molecule has 132 valence electrons. The van der Waals surface area contributed by atoms with Crippen molar-refractivity contribution in [2.45, 2.75) is 19.9 Å². The lowest BCUT2D eigenvalue weighted by Crippen LogP contribution is -2.37. The van der Waals surface area contributed by atoms with Crippen LogP contribution >= 0.6 is 24.0 Å². The van der Waals surface area contributed by atoms with Gasteiger partial charge in [-0.2, -0.15) is 0 Å². The maximum Gasteiger partial charge on any atom is 0.191 e. The van der Waals surface area contributed by atoms with Crippen molar-refractivity contribution in [1.29, 1.82) is 0 Å². The van der Waals surface area contributed by atoms with Gasteiger partial charge in [0.15, 0.2) is 5.96 Å². The van der Waals surface area contributed by atoms with E-state index in [0.717, 1.165) is 25.5 Å². The fraction of sp³-hybridized carbons (Fsp3) is 0.250. The summed E-state index contributed by atoms with van der Waals surface area (Å²) in [5, 5.41) is 8.04. The number of hydrogen-bond acceptors (Lipinski definition) is 1. The minimum Gasteiger partial charge on any atom is -0.361 e. The third kappa shape index (κ3) is 5.22. The van der Waals surface area contributed by atoms with Crippen LogP contribution in [0.2, 0.25) is 0 Å². The molecule has 25 heavy (non-hydrogen) atoms. The van der Waals surface area contributed by atoms with Crippen molar-refractivity contribution in [2.24, 2.45) is 4.99 Å². The van der Waals surface area contributed by atoms with Crippen molar-refractivity contribution in [3.63, 3.8) is 0 Å². The topological polar surface area (TPSA) is 52.2 Å². The number of aromatic nitrogens is 1. The Bertz CT molecular complexity index is 838. The molecule has 0 saturated carbocycles. The van der Waals surface area contributed by atoms with Crippen LogP contribution in [0.25, 0.3) is 10.9 Å². The second-order valence-electron chi connectivity index (χ2n) is 5.95. The van der Waals surface area contributed by atoms with Crippen molar-refractivity contribution in [2.75, 3.05) is 13.6 Å². The summed E-state index contributed by atoms with van der Waals surface area (Å²) >= 11 is 0. The minimum absolute atomic E-state index is 0. The van der Waals surface area contributed by atoms with Crippen molar-refractivity contribution >= 4 is 40.8 Å². The van der Waals surface area contributed by atoms with Gasteiger partial charge in [-0.15, -0.1) is 24.0 Å². The van der Waals surface area contributed by atoms with Crippen LogP contribution in [-0.2, 0) is 13.0 Å². The molecule has 2 aromatic carbocycles. The van der Waals surface area contributed by atoms with E-state index < -0.39 is 0 Å². The van der Waals surface area contributed by atoms with Crippen molar-refractivity contribution in [3.05, 3.63) is 71.4 Å². The number of H-pyrrole nitrogens is 1. The molecule has 0 bridgehead atoms. The van der Waals surface area contributed by atoms with Crippen LogP contribution in [0.4, 0.5) is 0 Å². The molecule has 0 atom stereocenters. The van der Waals surface area contributed by atoms with E-state index in [4.69, 9.17) is 0 Å². The van der Waals surface area contributed by atoms with Crippen LogP contribution in [0.15, 0.2) is 59.7 Å². The van der Waals surface area contributed by atoms with Crippen LogP contribution < -0.4 is 10.6 Å². The van der Waals surface area contributed by atoms with Gasteiger partial charge in [0.1, 0.15) is 0 Å². The quantitative estimate of drug-likeness (QED) is 0.314. The number of fused-ring (bicyclic) bond motifs is 1. The first kappa shape index (κ1) is 19.3. The predicted octanol–water partition coefficient (Wildman–Crippen LogP) is 4.00. The van der Waals surface area contributed by atoms with Crippen molar-refractivity contribution in [1.82, 2.24) is 15.6 Å². The molecular weight excluding hydrogens is 423 g/mol. The molecule has 0 saturated heterocycles. The number of halogens is 1. The van der Waals surface area contributed by atoms with Gasteiger partial charge < -0.3 is 15.6 Å². The Morgan fingerprint density at radius 3 is 2.72 bits per heavy atom. The first-order valence-electron chi connectivity index (χ1n) is 8.31. The van der Waals surface area contributed by atoms with Gasteiger partial charge in [-0.1, -0.05) is 48.0 Å². The summed E-state index contributed by atoms with van der Waals surface area (Å²) in [7, 11) is 1.80. The van der Waals surface area contributed by atoms with Crippen molar-refractivity contribution in [3.8, 4) is 0 Å². The summed E-state index contributed by atoms with van der Waals surface area (Å²) in [6.45, 7) is 3.72. The standard InChI is InChI=1S/C20H24N4.HI/c1-15-6-5-7-16(12-15)13-24-20(21-2)22-11-10-17-14-23-19-9-4-3-8-18(17)19;/h3-9,12,14,23H,10-11,13H2,1-2H3,(H2,21,22,24);1H. The first-order valence-corrected chi connectivity index (χ1v) is 8.31. The highest BCUT2D eigenvalue weighted by atomic mass is 127. The maximum absolute atomic E-state index is 4.29. The molecule has 3 aromatic rings. The van der Waals surface area contributed by atoms with Gasteiger partial charge in [0.2, 0.25) is 0 Å². The number of benzene rings is 2. The van der Waals surface area contributed by atoms with E-state index in [9.17, 15) is 0 Å². The molecule has 5 heteroatoms.